The molecule has 0 unspecified atom stereocenters. The Morgan fingerprint density at radius 3 is 2.00 bits per heavy atom. The fraction of sp³-hybridized carbons (Fsp3) is 0.850. The molecule has 0 aromatic heterocycles. The SMILES string of the molecule is CN(CC(=O)NCCCN1CCN(C(=O)OC(C)(C)C)CC1)C(=O)OC(C)(C)C. The van der Waals surface area contributed by atoms with Crippen LogP contribution in [0.4, 0.5) is 9.59 Å². The smallest absolute Gasteiger partial charge is 0.410 e. The lowest BCUT2D eigenvalue weighted by molar-refractivity contribution is -0.122. The molecule has 0 aromatic rings. The van der Waals surface area contributed by atoms with E-state index >= 15 is 0 Å². The zero-order valence-electron chi connectivity index (χ0n) is 19.0. The highest BCUT2D eigenvalue weighted by Gasteiger charge is 2.25. The molecule has 9 nitrogen and oxygen atoms in total. The third kappa shape index (κ3) is 10.9. The maximum Gasteiger partial charge on any atom is 0.410 e. The summed E-state index contributed by atoms with van der Waals surface area (Å²) in [5, 5.41) is 2.82. The first-order valence-electron chi connectivity index (χ1n) is 10.2. The number of piperazine rings is 1. The summed E-state index contributed by atoms with van der Waals surface area (Å²) in [4.78, 5) is 41.2. The van der Waals surface area contributed by atoms with Crippen LogP contribution in [0.15, 0.2) is 0 Å². The first-order chi connectivity index (χ1) is 13.3. The minimum absolute atomic E-state index is 0.0382. The topological polar surface area (TPSA) is 91.4 Å². The van der Waals surface area contributed by atoms with Crippen molar-refractivity contribution in [1.82, 2.24) is 20.0 Å². The zero-order chi connectivity index (χ0) is 22.2. The number of ether oxygens (including phenoxy) is 2. The Morgan fingerprint density at radius 2 is 1.48 bits per heavy atom. The van der Waals surface area contributed by atoms with Crippen LogP contribution in [0.25, 0.3) is 0 Å². The molecule has 1 aliphatic rings. The fourth-order valence-electron chi connectivity index (χ4n) is 2.69. The molecule has 1 rings (SSSR count). The van der Waals surface area contributed by atoms with Gasteiger partial charge in [0, 0.05) is 39.8 Å². The molecule has 1 aliphatic heterocycles. The summed E-state index contributed by atoms with van der Waals surface area (Å²) < 4.78 is 10.6. The standard InChI is InChI=1S/C20H38N4O5/c1-19(2,3)28-17(26)22(7)15-16(25)21-9-8-10-23-11-13-24(14-12-23)18(27)29-20(4,5)6/h8-15H2,1-7H3,(H,21,25). The predicted octanol–water partition coefficient (Wildman–Crippen LogP) is 1.91. The summed E-state index contributed by atoms with van der Waals surface area (Å²) in [6, 6.07) is 0. The van der Waals surface area contributed by atoms with Gasteiger partial charge in [-0.25, -0.2) is 9.59 Å². The van der Waals surface area contributed by atoms with Gasteiger partial charge in [0.25, 0.3) is 0 Å². The highest BCUT2D eigenvalue weighted by Crippen LogP contribution is 2.12. The van der Waals surface area contributed by atoms with Crippen LogP contribution in [0.1, 0.15) is 48.0 Å². The number of carbonyl (C=O) groups is 3. The van der Waals surface area contributed by atoms with Crippen LogP contribution in [0, 0.1) is 0 Å². The number of amides is 3. The average Bonchev–Trinajstić information content (AvgIpc) is 2.56. The van der Waals surface area contributed by atoms with Gasteiger partial charge >= 0.3 is 12.2 Å². The van der Waals surface area contributed by atoms with E-state index in [1.807, 2.05) is 20.8 Å². The monoisotopic (exact) mass is 414 g/mol. The van der Waals surface area contributed by atoms with Crippen LogP contribution in [0.3, 0.4) is 0 Å². The molecular weight excluding hydrogens is 376 g/mol. The van der Waals surface area contributed by atoms with Crippen molar-refractivity contribution < 1.29 is 23.9 Å². The summed E-state index contributed by atoms with van der Waals surface area (Å²) in [5.74, 6) is -0.215. The largest absolute Gasteiger partial charge is 0.444 e. The molecule has 29 heavy (non-hydrogen) atoms. The number of rotatable bonds is 6. The molecule has 0 spiro atoms. The van der Waals surface area contributed by atoms with Gasteiger partial charge < -0.3 is 24.6 Å². The maximum absolute atomic E-state index is 12.1. The maximum atomic E-state index is 12.1. The first-order valence-corrected chi connectivity index (χ1v) is 10.2. The Bertz CT molecular complexity index is 560. The second-order valence-electron chi connectivity index (χ2n) is 9.35. The molecule has 0 bridgehead atoms. The normalized spacial score (nSPS) is 15.6. The second-order valence-corrected chi connectivity index (χ2v) is 9.35. The zero-order valence-corrected chi connectivity index (χ0v) is 19.0. The minimum Gasteiger partial charge on any atom is -0.444 e. The summed E-state index contributed by atoms with van der Waals surface area (Å²) >= 11 is 0. The highest BCUT2D eigenvalue weighted by atomic mass is 16.6. The van der Waals surface area contributed by atoms with Crippen molar-refractivity contribution in [2.75, 3.05) is 52.9 Å². The van der Waals surface area contributed by atoms with Gasteiger partial charge in [0.1, 0.15) is 17.7 Å². The molecule has 0 aromatic carbocycles. The van der Waals surface area contributed by atoms with Crippen molar-refractivity contribution in [3.05, 3.63) is 0 Å². The van der Waals surface area contributed by atoms with Crippen LogP contribution in [-0.4, -0.2) is 96.9 Å². The predicted molar refractivity (Wildman–Crippen MR) is 111 cm³/mol. The number of nitrogens with one attached hydrogen (secondary N) is 1. The molecule has 0 atom stereocenters. The third-order valence-corrected chi connectivity index (χ3v) is 4.08. The van der Waals surface area contributed by atoms with E-state index < -0.39 is 17.3 Å². The van der Waals surface area contributed by atoms with Crippen molar-refractivity contribution in [2.45, 2.75) is 59.2 Å². The molecule has 1 N–H and O–H groups in total. The Hall–Kier alpha value is -2.03. The number of likely N-dealkylation sites (N-methyl/N-ethyl adjacent to an activating group) is 1. The van der Waals surface area contributed by atoms with E-state index in [1.165, 1.54) is 11.9 Å². The Kier molecular flexibility index (Phi) is 9.19. The van der Waals surface area contributed by atoms with Crippen LogP contribution in [0.2, 0.25) is 0 Å². The van der Waals surface area contributed by atoms with Crippen LogP contribution >= 0.6 is 0 Å². The molecule has 1 saturated heterocycles. The number of hydrogen-bond acceptors (Lipinski definition) is 6. The van der Waals surface area contributed by atoms with Gasteiger partial charge in [-0.3, -0.25) is 9.69 Å². The van der Waals surface area contributed by atoms with Crippen molar-refractivity contribution >= 4 is 18.1 Å². The first kappa shape index (κ1) is 25.0. The quantitative estimate of drug-likeness (QED) is 0.668. The third-order valence-electron chi connectivity index (χ3n) is 4.08. The van der Waals surface area contributed by atoms with Gasteiger partial charge in [0.05, 0.1) is 0 Å². The molecule has 168 valence electrons. The summed E-state index contributed by atoms with van der Waals surface area (Å²) in [6.07, 6.45) is 0.0166. The number of carbonyl (C=O) groups excluding carboxylic acids is 3. The minimum atomic E-state index is -0.588. The van der Waals surface area contributed by atoms with E-state index in [2.05, 4.69) is 10.2 Å². The summed E-state index contributed by atoms with van der Waals surface area (Å²) in [6.45, 7) is 15.1. The van der Waals surface area contributed by atoms with E-state index in [1.54, 1.807) is 25.7 Å². The van der Waals surface area contributed by atoms with E-state index in [-0.39, 0.29) is 18.5 Å². The molecule has 1 heterocycles. The Morgan fingerprint density at radius 1 is 0.931 bits per heavy atom. The van der Waals surface area contributed by atoms with Gasteiger partial charge in [-0.1, -0.05) is 0 Å². The fourth-order valence-corrected chi connectivity index (χ4v) is 2.69. The van der Waals surface area contributed by atoms with E-state index in [9.17, 15) is 14.4 Å². The second kappa shape index (κ2) is 10.7. The van der Waals surface area contributed by atoms with Gasteiger partial charge in [-0.05, 0) is 54.5 Å². The van der Waals surface area contributed by atoms with E-state index in [0.29, 0.717) is 19.6 Å². The molecule has 0 saturated carbocycles. The Balaban J connectivity index is 2.19. The summed E-state index contributed by atoms with van der Waals surface area (Å²) in [5.41, 5.74) is -1.07. The highest BCUT2D eigenvalue weighted by molar-refractivity contribution is 5.82. The number of hydrogen-bond donors (Lipinski definition) is 1. The molecule has 3 amide bonds. The van der Waals surface area contributed by atoms with Crippen molar-refractivity contribution in [1.29, 1.82) is 0 Å². The van der Waals surface area contributed by atoms with Gasteiger partial charge in [-0.2, -0.15) is 0 Å². The molecule has 0 radical (unpaired) electrons. The summed E-state index contributed by atoms with van der Waals surface area (Å²) in [7, 11) is 1.54. The molecule has 0 aliphatic carbocycles. The van der Waals surface area contributed by atoms with Gasteiger partial charge in [-0.15, -0.1) is 0 Å². The molecule has 9 heteroatoms. The van der Waals surface area contributed by atoms with E-state index in [0.717, 1.165) is 26.1 Å². The van der Waals surface area contributed by atoms with E-state index in [4.69, 9.17) is 9.47 Å². The lowest BCUT2D eigenvalue weighted by Gasteiger charge is -2.35. The van der Waals surface area contributed by atoms with Gasteiger partial charge in [0.2, 0.25) is 5.91 Å². The van der Waals surface area contributed by atoms with Crippen LogP contribution in [-0.2, 0) is 14.3 Å². The van der Waals surface area contributed by atoms with Gasteiger partial charge in [0.15, 0.2) is 0 Å². The lowest BCUT2D eigenvalue weighted by atomic mass is 10.2. The van der Waals surface area contributed by atoms with Crippen LogP contribution < -0.4 is 5.32 Å². The van der Waals surface area contributed by atoms with Crippen molar-refractivity contribution in [3.63, 3.8) is 0 Å². The number of nitrogens with zero attached hydrogens (tertiary/aromatic N) is 3. The molecular formula is C20H38N4O5. The Labute approximate surface area is 174 Å². The average molecular weight is 415 g/mol. The lowest BCUT2D eigenvalue weighted by Crippen LogP contribution is -2.50. The van der Waals surface area contributed by atoms with Crippen molar-refractivity contribution in [2.24, 2.45) is 0 Å². The van der Waals surface area contributed by atoms with Crippen LogP contribution in [0.5, 0.6) is 0 Å². The van der Waals surface area contributed by atoms with Crippen molar-refractivity contribution in [3.8, 4) is 0 Å². The molecule has 1 fully saturated rings.